The maximum absolute atomic E-state index is 12.5. The van der Waals surface area contributed by atoms with E-state index >= 15 is 0 Å². The van der Waals surface area contributed by atoms with Gasteiger partial charge in [-0.15, -0.1) is 0 Å². The van der Waals surface area contributed by atoms with Crippen LogP contribution in [0.3, 0.4) is 0 Å². The first-order valence-corrected chi connectivity index (χ1v) is 8.46. The molecule has 0 fully saturated rings. The summed E-state index contributed by atoms with van der Waals surface area (Å²) in [7, 11) is 0. The molecule has 0 aliphatic carbocycles. The van der Waals surface area contributed by atoms with E-state index in [1.54, 1.807) is 45.0 Å². The molecule has 1 heterocycles. The Morgan fingerprint density at radius 3 is 2.32 bits per heavy atom. The zero-order valence-electron chi connectivity index (χ0n) is 14.5. The Bertz CT molecular complexity index is 864. The molecule has 0 bridgehead atoms. The molecule has 0 spiro atoms. The van der Waals surface area contributed by atoms with E-state index in [1.807, 2.05) is 0 Å². The second kappa shape index (κ2) is 7.31. The minimum atomic E-state index is -0.649. The van der Waals surface area contributed by atoms with E-state index in [2.05, 4.69) is 20.9 Å². The van der Waals surface area contributed by atoms with E-state index in [4.69, 9.17) is 4.74 Å². The molecular weight excluding hydrogens is 388 g/mol. The molecule has 1 aromatic heterocycles. The van der Waals surface area contributed by atoms with E-state index in [1.165, 1.54) is 17.7 Å². The fourth-order valence-corrected chi connectivity index (χ4v) is 2.52. The third-order valence-corrected chi connectivity index (χ3v) is 3.81. The molecule has 6 nitrogen and oxygen atoms in total. The van der Waals surface area contributed by atoms with E-state index < -0.39 is 11.6 Å². The Hall–Kier alpha value is -2.28. The molecule has 0 saturated carbocycles. The number of halogens is 1. The Morgan fingerprint density at radius 2 is 1.80 bits per heavy atom. The number of Topliss-reactive ketones (excluding diaryl/α,β-unsaturated/α-hetero) is 1. The van der Waals surface area contributed by atoms with E-state index in [0.717, 1.165) is 0 Å². The van der Waals surface area contributed by atoms with E-state index in [9.17, 15) is 14.4 Å². The Labute approximate surface area is 154 Å². The van der Waals surface area contributed by atoms with Gasteiger partial charge < -0.3 is 4.74 Å². The minimum Gasteiger partial charge on any atom is -0.459 e. The molecule has 2 rings (SSSR count). The zero-order chi connectivity index (χ0) is 18.8. The summed E-state index contributed by atoms with van der Waals surface area (Å²) in [6, 6.07) is 6.70. The highest BCUT2D eigenvalue weighted by Gasteiger charge is 2.20. The molecule has 0 aliphatic rings. The Morgan fingerprint density at radius 1 is 1.20 bits per heavy atom. The fourth-order valence-electron chi connectivity index (χ4n) is 2.20. The highest BCUT2D eigenvalue weighted by Crippen LogP contribution is 2.19. The maximum Gasteiger partial charge on any atom is 0.326 e. The number of carbonyl (C=O) groups is 2. The molecule has 0 unspecified atom stereocenters. The molecule has 0 atom stereocenters. The number of aromatic nitrogens is 2. The number of nitrogens with zero attached hydrogens (tertiary/aromatic N) is 2. The van der Waals surface area contributed by atoms with Gasteiger partial charge in [0.25, 0.3) is 5.56 Å². The van der Waals surface area contributed by atoms with Crippen LogP contribution in [-0.4, -0.2) is 26.9 Å². The summed E-state index contributed by atoms with van der Waals surface area (Å²) >= 11 is 3.14. The summed E-state index contributed by atoms with van der Waals surface area (Å²) in [6.45, 7) is 6.49. The zero-order valence-corrected chi connectivity index (χ0v) is 16.1. The van der Waals surface area contributed by atoms with Crippen molar-refractivity contribution in [2.45, 2.75) is 39.8 Å². The van der Waals surface area contributed by atoms with Gasteiger partial charge in [-0.25, -0.2) is 4.98 Å². The van der Waals surface area contributed by atoms with Crippen molar-refractivity contribution < 1.29 is 14.3 Å². The summed E-state index contributed by atoms with van der Waals surface area (Å²) in [5, 5.41) is 0. The summed E-state index contributed by atoms with van der Waals surface area (Å²) in [4.78, 5) is 40.3. The van der Waals surface area contributed by atoms with Gasteiger partial charge >= 0.3 is 5.97 Å². The van der Waals surface area contributed by atoms with E-state index in [-0.39, 0.29) is 22.4 Å². The normalized spacial score (nSPS) is 11.2. The van der Waals surface area contributed by atoms with Gasteiger partial charge in [0.15, 0.2) is 5.78 Å². The maximum atomic E-state index is 12.5. The summed E-state index contributed by atoms with van der Waals surface area (Å²) < 4.78 is 6.79. The van der Waals surface area contributed by atoms with Gasteiger partial charge in [-0.3, -0.25) is 19.0 Å². The fraction of sp³-hybridized carbons (Fsp3) is 0.333. The number of ether oxygens (including phenoxy) is 1. The largest absolute Gasteiger partial charge is 0.459 e. The average molecular weight is 407 g/mol. The number of carbonyl (C=O) groups excluding carboxylic acids is 2. The molecule has 0 saturated heterocycles. The number of rotatable bonds is 4. The lowest BCUT2D eigenvalue weighted by atomic mass is 10.1. The second-order valence-corrected chi connectivity index (χ2v) is 7.40. The number of esters is 1. The Kier molecular flexibility index (Phi) is 5.57. The predicted molar refractivity (Wildman–Crippen MR) is 97.5 cm³/mol. The van der Waals surface area contributed by atoms with Gasteiger partial charge in [-0.1, -0.05) is 24.3 Å². The van der Waals surface area contributed by atoms with Crippen LogP contribution in [0.2, 0.25) is 0 Å². The average Bonchev–Trinajstić information content (AvgIpc) is 2.50. The van der Waals surface area contributed by atoms with Crippen LogP contribution in [0.4, 0.5) is 0 Å². The van der Waals surface area contributed by atoms with Gasteiger partial charge in [-0.05, 0) is 43.6 Å². The molecule has 0 N–H and O–H groups in total. The molecule has 7 heteroatoms. The molecule has 0 amide bonds. The van der Waals surface area contributed by atoms with Crippen LogP contribution in [-0.2, 0) is 16.1 Å². The Balaban J connectivity index is 2.45. The van der Waals surface area contributed by atoms with Crippen LogP contribution in [0.25, 0.3) is 11.4 Å². The van der Waals surface area contributed by atoms with Crippen molar-refractivity contribution in [3.63, 3.8) is 0 Å². The third-order valence-electron chi connectivity index (χ3n) is 3.26. The first-order chi connectivity index (χ1) is 11.6. The van der Waals surface area contributed by atoms with Gasteiger partial charge in [0.2, 0.25) is 0 Å². The molecule has 0 radical (unpaired) electrons. The molecule has 25 heavy (non-hydrogen) atoms. The van der Waals surface area contributed by atoms with Crippen molar-refractivity contribution in [1.29, 1.82) is 0 Å². The number of ketones is 1. The summed E-state index contributed by atoms with van der Waals surface area (Å²) in [6.07, 6.45) is 1.39. The number of benzene rings is 1. The van der Waals surface area contributed by atoms with Crippen LogP contribution in [0.1, 0.15) is 38.1 Å². The lowest BCUT2D eigenvalue weighted by molar-refractivity contribution is -0.155. The van der Waals surface area contributed by atoms with Gasteiger partial charge in [-0.2, -0.15) is 0 Å². The smallest absolute Gasteiger partial charge is 0.326 e. The molecule has 1 aromatic carbocycles. The topological polar surface area (TPSA) is 78.3 Å². The molecule has 2 aromatic rings. The second-order valence-electron chi connectivity index (χ2n) is 6.54. The molecule has 0 aliphatic heterocycles. The lowest BCUT2D eigenvalue weighted by Crippen LogP contribution is -2.32. The lowest BCUT2D eigenvalue weighted by Gasteiger charge is -2.20. The van der Waals surface area contributed by atoms with Gasteiger partial charge in [0.1, 0.15) is 22.4 Å². The SMILES string of the molecule is CC(=O)c1ccc(-c2ncc(Br)c(=O)n2CC(=O)OC(C)(C)C)cc1. The first-order valence-electron chi connectivity index (χ1n) is 7.67. The van der Waals surface area contributed by atoms with Crippen LogP contribution >= 0.6 is 15.9 Å². The summed E-state index contributed by atoms with van der Waals surface area (Å²) in [5.74, 6) is -0.258. The van der Waals surface area contributed by atoms with Crippen LogP contribution in [0, 0.1) is 0 Å². The van der Waals surface area contributed by atoms with Crippen molar-refractivity contribution in [3.8, 4) is 11.4 Å². The standard InChI is InChI=1S/C18H19BrN2O4/c1-11(22)12-5-7-13(8-6-12)16-20-9-14(19)17(24)21(16)10-15(23)25-18(2,3)4/h5-9H,10H2,1-4H3. The monoisotopic (exact) mass is 406 g/mol. The number of hydrogen-bond acceptors (Lipinski definition) is 5. The third kappa shape index (κ3) is 4.85. The van der Waals surface area contributed by atoms with Gasteiger partial charge in [0, 0.05) is 17.3 Å². The van der Waals surface area contributed by atoms with Gasteiger partial charge in [0.05, 0.1) is 0 Å². The van der Waals surface area contributed by atoms with Crippen molar-refractivity contribution in [3.05, 3.63) is 50.9 Å². The van der Waals surface area contributed by atoms with Crippen molar-refractivity contribution >= 4 is 27.7 Å². The van der Waals surface area contributed by atoms with Crippen LogP contribution in [0.15, 0.2) is 39.7 Å². The molecule has 132 valence electrons. The quantitative estimate of drug-likeness (QED) is 0.575. The highest BCUT2D eigenvalue weighted by atomic mass is 79.9. The first kappa shape index (κ1) is 19.1. The van der Waals surface area contributed by atoms with Crippen LogP contribution in [0.5, 0.6) is 0 Å². The van der Waals surface area contributed by atoms with Crippen molar-refractivity contribution in [2.24, 2.45) is 0 Å². The van der Waals surface area contributed by atoms with Crippen LogP contribution < -0.4 is 5.56 Å². The predicted octanol–water partition coefficient (Wildman–Crippen LogP) is 3.22. The highest BCUT2D eigenvalue weighted by molar-refractivity contribution is 9.10. The molecular formula is C18H19BrN2O4. The number of hydrogen-bond donors (Lipinski definition) is 0. The minimum absolute atomic E-state index is 0.0542. The van der Waals surface area contributed by atoms with E-state index in [0.29, 0.717) is 17.0 Å². The summed E-state index contributed by atoms with van der Waals surface area (Å²) in [5.41, 5.74) is 0.148. The van der Waals surface area contributed by atoms with Crippen molar-refractivity contribution in [1.82, 2.24) is 9.55 Å². The van der Waals surface area contributed by atoms with Crippen molar-refractivity contribution in [2.75, 3.05) is 0 Å².